The summed E-state index contributed by atoms with van der Waals surface area (Å²) in [5.74, 6) is 0.0711. The molecule has 3 aromatic rings. The smallest absolute Gasteiger partial charge is 0.337 e. The largest absolute Gasteiger partial charge is 0.465 e. The molecule has 0 aliphatic heterocycles. The van der Waals surface area contributed by atoms with Gasteiger partial charge >= 0.3 is 5.97 Å². The summed E-state index contributed by atoms with van der Waals surface area (Å²) >= 11 is 1.21. The van der Waals surface area contributed by atoms with Gasteiger partial charge in [-0.05, 0) is 36.8 Å². The lowest BCUT2D eigenvalue weighted by molar-refractivity contribution is -0.113. The summed E-state index contributed by atoms with van der Waals surface area (Å²) in [7, 11) is 1.31. The normalized spacial score (nSPS) is 10.4. The predicted octanol–water partition coefficient (Wildman–Crippen LogP) is 2.69. The third kappa shape index (κ3) is 4.70. The number of aromatic amines is 1. The minimum absolute atomic E-state index is 0.134. The lowest BCUT2D eigenvalue weighted by atomic mass is 10.1. The van der Waals surface area contributed by atoms with Crippen LogP contribution >= 0.6 is 11.8 Å². The number of benzene rings is 1. The van der Waals surface area contributed by atoms with E-state index in [4.69, 9.17) is 4.74 Å². The van der Waals surface area contributed by atoms with E-state index in [0.29, 0.717) is 22.2 Å². The van der Waals surface area contributed by atoms with Crippen LogP contribution in [0.25, 0.3) is 11.4 Å². The molecule has 2 heterocycles. The molecule has 0 fully saturated rings. The second-order valence-corrected chi connectivity index (χ2v) is 6.50. The SMILES string of the molecule is COC(=O)c1ccc(C)c(NC(=O)CSc2n[nH]c(-c3ccncc3)n2)c1. The molecule has 3 rings (SSSR count). The average Bonchev–Trinajstić information content (AvgIpc) is 3.17. The summed E-state index contributed by atoms with van der Waals surface area (Å²) in [6, 6.07) is 8.64. The van der Waals surface area contributed by atoms with Gasteiger partial charge in [0, 0.05) is 23.6 Å². The number of methoxy groups -OCH3 is 1. The fraction of sp³-hybridized carbons (Fsp3) is 0.167. The van der Waals surface area contributed by atoms with Gasteiger partial charge in [0.2, 0.25) is 11.1 Å². The maximum absolute atomic E-state index is 12.2. The molecule has 0 aliphatic rings. The van der Waals surface area contributed by atoms with Crippen LogP contribution in [0.2, 0.25) is 0 Å². The monoisotopic (exact) mass is 383 g/mol. The molecule has 0 saturated carbocycles. The molecular formula is C18H17N5O3S. The van der Waals surface area contributed by atoms with E-state index in [1.807, 2.05) is 19.1 Å². The Morgan fingerprint density at radius 2 is 2.00 bits per heavy atom. The standard InChI is InChI=1S/C18H17N5O3S/c1-11-3-4-13(17(25)26-2)9-14(11)20-15(24)10-27-18-21-16(22-23-18)12-5-7-19-8-6-12/h3-9H,10H2,1-2H3,(H,20,24)(H,21,22,23). The number of esters is 1. The first-order valence-electron chi connectivity index (χ1n) is 8.01. The fourth-order valence-electron chi connectivity index (χ4n) is 2.27. The van der Waals surface area contributed by atoms with Crippen molar-refractivity contribution in [2.75, 3.05) is 18.2 Å². The molecular weight excluding hydrogens is 366 g/mol. The minimum Gasteiger partial charge on any atom is -0.465 e. The van der Waals surface area contributed by atoms with Crippen molar-refractivity contribution in [2.24, 2.45) is 0 Å². The number of carbonyl (C=O) groups is 2. The Kier molecular flexibility index (Phi) is 5.82. The molecule has 27 heavy (non-hydrogen) atoms. The van der Waals surface area contributed by atoms with Crippen LogP contribution in [0.3, 0.4) is 0 Å². The summed E-state index contributed by atoms with van der Waals surface area (Å²) < 4.78 is 4.70. The van der Waals surface area contributed by atoms with E-state index in [2.05, 4.69) is 25.5 Å². The summed E-state index contributed by atoms with van der Waals surface area (Å²) in [4.78, 5) is 32.2. The summed E-state index contributed by atoms with van der Waals surface area (Å²) in [6.07, 6.45) is 3.34. The molecule has 1 aromatic carbocycles. The van der Waals surface area contributed by atoms with E-state index >= 15 is 0 Å². The first kappa shape index (κ1) is 18.6. The lowest BCUT2D eigenvalue weighted by Crippen LogP contribution is -2.15. The van der Waals surface area contributed by atoms with Crippen LogP contribution in [0.4, 0.5) is 5.69 Å². The molecule has 0 radical (unpaired) electrons. The minimum atomic E-state index is -0.454. The molecule has 0 saturated heterocycles. The highest BCUT2D eigenvalue weighted by Gasteiger charge is 2.12. The molecule has 2 aromatic heterocycles. The third-order valence-electron chi connectivity index (χ3n) is 3.68. The van der Waals surface area contributed by atoms with Gasteiger partial charge in [-0.15, -0.1) is 5.10 Å². The van der Waals surface area contributed by atoms with Crippen molar-refractivity contribution in [1.29, 1.82) is 0 Å². The third-order valence-corrected chi connectivity index (χ3v) is 4.53. The van der Waals surface area contributed by atoms with Gasteiger partial charge in [0.15, 0.2) is 5.82 Å². The van der Waals surface area contributed by atoms with Crippen LogP contribution in [-0.4, -0.2) is 44.9 Å². The van der Waals surface area contributed by atoms with Gasteiger partial charge in [-0.3, -0.25) is 14.9 Å². The molecule has 0 spiro atoms. The number of hydrogen-bond acceptors (Lipinski definition) is 7. The number of aryl methyl sites for hydroxylation is 1. The number of pyridine rings is 1. The number of ether oxygens (including phenoxy) is 1. The van der Waals surface area contributed by atoms with Crippen LogP contribution in [0.5, 0.6) is 0 Å². The summed E-state index contributed by atoms with van der Waals surface area (Å²) in [5.41, 5.74) is 2.65. The summed E-state index contributed by atoms with van der Waals surface area (Å²) in [6.45, 7) is 1.85. The topological polar surface area (TPSA) is 110 Å². The zero-order chi connectivity index (χ0) is 19.2. The van der Waals surface area contributed by atoms with Crippen LogP contribution in [0.15, 0.2) is 47.9 Å². The van der Waals surface area contributed by atoms with Crippen molar-refractivity contribution < 1.29 is 14.3 Å². The van der Waals surface area contributed by atoms with Gasteiger partial charge in [0.1, 0.15) is 0 Å². The number of aromatic nitrogens is 4. The average molecular weight is 383 g/mol. The number of amides is 1. The Labute approximate surface area is 159 Å². The van der Waals surface area contributed by atoms with Gasteiger partial charge in [-0.2, -0.15) is 0 Å². The number of nitrogens with one attached hydrogen (secondary N) is 2. The van der Waals surface area contributed by atoms with Gasteiger partial charge in [-0.1, -0.05) is 17.8 Å². The number of anilines is 1. The van der Waals surface area contributed by atoms with Gasteiger partial charge < -0.3 is 10.1 Å². The van der Waals surface area contributed by atoms with Crippen molar-refractivity contribution in [3.63, 3.8) is 0 Å². The Balaban J connectivity index is 1.61. The Hall–Kier alpha value is -3.20. The highest BCUT2D eigenvalue weighted by Crippen LogP contribution is 2.20. The first-order valence-corrected chi connectivity index (χ1v) is 9.00. The van der Waals surface area contributed by atoms with Crippen molar-refractivity contribution in [3.05, 3.63) is 53.9 Å². The molecule has 2 N–H and O–H groups in total. The second kappa shape index (κ2) is 8.45. The van der Waals surface area contributed by atoms with Crippen molar-refractivity contribution >= 4 is 29.3 Å². The van der Waals surface area contributed by atoms with E-state index in [0.717, 1.165) is 11.1 Å². The predicted molar refractivity (Wildman–Crippen MR) is 101 cm³/mol. The Morgan fingerprint density at radius 3 is 2.74 bits per heavy atom. The molecule has 1 amide bonds. The quantitative estimate of drug-likeness (QED) is 0.497. The molecule has 0 unspecified atom stereocenters. The fourth-order valence-corrected chi connectivity index (χ4v) is 2.87. The van der Waals surface area contributed by atoms with E-state index in [1.54, 1.807) is 30.6 Å². The van der Waals surface area contributed by atoms with Crippen LogP contribution < -0.4 is 5.32 Å². The number of H-pyrrole nitrogens is 1. The summed E-state index contributed by atoms with van der Waals surface area (Å²) in [5, 5.41) is 10.2. The number of nitrogens with zero attached hydrogens (tertiary/aromatic N) is 3. The van der Waals surface area contributed by atoms with Crippen LogP contribution in [0, 0.1) is 6.92 Å². The number of rotatable bonds is 6. The molecule has 9 heteroatoms. The molecule has 0 bridgehead atoms. The zero-order valence-electron chi connectivity index (χ0n) is 14.7. The molecule has 0 atom stereocenters. The zero-order valence-corrected chi connectivity index (χ0v) is 15.5. The van der Waals surface area contributed by atoms with Gasteiger partial charge in [-0.25, -0.2) is 9.78 Å². The number of hydrogen-bond donors (Lipinski definition) is 2. The molecule has 138 valence electrons. The van der Waals surface area contributed by atoms with E-state index < -0.39 is 5.97 Å². The molecule has 8 nitrogen and oxygen atoms in total. The number of thioether (sulfide) groups is 1. The van der Waals surface area contributed by atoms with E-state index in [-0.39, 0.29) is 11.7 Å². The van der Waals surface area contributed by atoms with Crippen LogP contribution in [0.1, 0.15) is 15.9 Å². The maximum Gasteiger partial charge on any atom is 0.337 e. The van der Waals surface area contributed by atoms with Crippen molar-refractivity contribution in [1.82, 2.24) is 20.2 Å². The lowest BCUT2D eigenvalue weighted by Gasteiger charge is -2.09. The van der Waals surface area contributed by atoms with Gasteiger partial charge in [0.05, 0.1) is 18.4 Å². The Bertz CT molecular complexity index is 959. The van der Waals surface area contributed by atoms with Crippen LogP contribution in [-0.2, 0) is 9.53 Å². The highest BCUT2D eigenvalue weighted by atomic mass is 32.2. The molecule has 0 aliphatic carbocycles. The second-order valence-electron chi connectivity index (χ2n) is 5.56. The first-order chi connectivity index (χ1) is 13.1. The number of carbonyl (C=O) groups excluding carboxylic acids is 2. The van der Waals surface area contributed by atoms with Crippen molar-refractivity contribution in [3.8, 4) is 11.4 Å². The van der Waals surface area contributed by atoms with Gasteiger partial charge in [0.25, 0.3) is 0 Å². The maximum atomic E-state index is 12.2. The highest BCUT2D eigenvalue weighted by molar-refractivity contribution is 7.99. The van der Waals surface area contributed by atoms with E-state index in [1.165, 1.54) is 18.9 Å². The van der Waals surface area contributed by atoms with Crippen molar-refractivity contribution in [2.45, 2.75) is 12.1 Å². The van der Waals surface area contributed by atoms with E-state index in [9.17, 15) is 9.59 Å². The Morgan fingerprint density at radius 1 is 1.22 bits per heavy atom.